The Kier molecular flexibility index (Phi) is 5.55. The normalized spacial score (nSPS) is 22.8. The number of hydrogen-bond donors (Lipinski definition) is 1. The Morgan fingerprint density at radius 3 is 2.55 bits per heavy atom. The van der Waals surface area contributed by atoms with Crippen molar-refractivity contribution in [1.82, 2.24) is 14.9 Å². The first-order valence-corrected chi connectivity index (χ1v) is 11.7. The van der Waals surface area contributed by atoms with Gasteiger partial charge < -0.3 is 19.7 Å². The molecular weight excluding hydrogens is 412 g/mol. The molecule has 7 nitrogen and oxygen atoms in total. The van der Waals surface area contributed by atoms with Crippen LogP contribution in [0.2, 0.25) is 0 Å². The lowest BCUT2D eigenvalue weighted by molar-refractivity contribution is 0.101. The number of ketones is 1. The van der Waals surface area contributed by atoms with Crippen LogP contribution in [0, 0.1) is 11.3 Å². The standard InChI is InChI=1S/C26H30N6O/c1-17-15-30(22-6-4-19(5-7-22)18(2)33)10-11-31(17)25-9-8-24-20(14-27)16-32(26(24)29-25)23-12-21(13-23)28-3/h4-9,16-17,21,23,28H,10-13,15H2,1-3H3/t17-,21-,23-/m1/s1. The predicted octanol–water partition coefficient (Wildman–Crippen LogP) is 3.75. The molecule has 0 amide bonds. The molecular formula is C26H30N6O. The second kappa shape index (κ2) is 8.53. The fraction of sp³-hybridized carbons (Fsp3) is 0.423. The zero-order chi connectivity index (χ0) is 23.1. The SMILES string of the molecule is CN[C@H]1C[C@H](n2cc(C#N)c3ccc(N4CCN(c5ccc(C(C)=O)cc5)C[C@H]4C)nc32)C1. The molecule has 1 atom stereocenters. The van der Waals surface area contributed by atoms with E-state index in [2.05, 4.69) is 44.8 Å². The van der Waals surface area contributed by atoms with Gasteiger partial charge in [0.25, 0.3) is 0 Å². The van der Waals surface area contributed by atoms with Gasteiger partial charge in [-0.3, -0.25) is 4.79 Å². The average Bonchev–Trinajstić information content (AvgIpc) is 3.16. The van der Waals surface area contributed by atoms with Crippen molar-refractivity contribution in [1.29, 1.82) is 5.26 Å². The van der Waals surface area contributed by atoms with Gasteiger partial charge in [-0.25, -0.2) is 4.98 Å². The van der Waals surface area contributed by atoms with E-state index in [0.29, 0.717) is 17.6 Å². The summed E-state index contributed by atoms with van der Waals surface area (Å²) in [5.74, 6) is 1.06. The number of anilines is 2. The van der Waals surface area contributed by atoms with Crippen LogP contribution < -0.4 is 15.1 Å². The molecule has 7 heteroatoms. The van der Waals surface area contributed by atoms with Crippen molar-refractivity contribution in [3.63, 3.8) is 0 Å². The topological polar surface area (TPSA) is 77.2 Å². The summed E-state index contributed by atoms with van der Waals surface area (Å²) in [5.41, 5.74) is 3.50. The lowest BCUT2D eigenvalue weighted by atomic mass is 9.87. The van der Waals surface area contributed by atoms with E-state index in [1.54, 1.807) is 6.92 Å². The summed E-state index contributed by atoms with van der Waals surface area (Å²) in [6, 6.07) is 15.6. The maximum absolute atomic E-state index is 11.6. The molecule has 2 aliphatic rings. The fourth-order valence-electron chi connectivity index (χ4n) is 5.13. The van der Waals surface area contributed by atoms with Gasteiger partial charge in [0, 0.05) is 60.6 Å². The maximum atomic E-state index is 11.6. The molecule has 3 aromatic rings. The number of rotatable bonds is 5. The molecule has 1 aliphatic heterocycles. The molecule has 1 N–H and O–H groups in total. The van der Waals surface area contributed by atoms with Crippen LogP contribution in [-0.2, 0) is 0 Å². The highest BCUT2D eigenvalue weighted by molar-refractivity contribution is 5.94. The molecule has 3 heterocycles. The van der Waals surface area contributed by atoms with Crippen LogP contribution in [0.1, 0.15) is 48.7 Å². The molecule has 2 fully saturated rings. The molecule has 0 radical (unpaired) electrons. The van der Waals surface area contributed by atoms with Crippen molar-refractivity contribution in [3.05, 3.63) is 53.7 Å². The second-order valence-electron chi connectivity index (χ2n) is 9.30. The smallest absolute Gasteiger partial charge is 0.159 e. The van der Waals surface area contributed by atoms with Crippen LogP contribution in [0.15, 0.2) is 42.6 Å². The van der Waals surface area contributed by atoms with Crippen LogP contribution in [0.4, 0.5) is 11.5 Å². The van der Waals surface area contributed by atoms with Crippen molar-refractivity contribution < 1.29 is 4.79 Å². The minimum absolute atomic E-state index is 0.0916. The first-order valence-electron chi connectivity index (χ1n) is 11.7. The highest BCUT2D eigenvalue weighted by atomic mass is 16.1. The molecule has 0 bridgehead atoms. The molecule has 1 aromatic carbocycles. The molecule has 2 aromatic heterocycles. The highest BCUT2D eigenvalue weighted by Crippen LogP contribution is 2.36. The summed E-state index contributed by atoms with van der Waals surface area (Å²) in [7, 11) is 2.00. The average molecular weight is 443 g/mol. The molecule has 5 rings (SSSR count). The quantitative estimate of drug-likeness (QED) is 0.607. The fourth-order valence-corrected chi connectivity index (χ4v) is 5.13. The number of hydrogen-bond acceptors (Lipinski definition) is 6. The number of pyridine rings is 1. The molecule has 1 aliphatic carbocycles. The number of nitrogens with zero attached hydrogens (tertiary/aromatic N) is 5. The van der Waals surface area contributed by atoms with Gasteiger partial charge in [0.05, 0.1) is 5.56 Å². The number of nitriles is 1. The Morgan fingerprint density at radius 2 is 1.91 bits per heavy atom. The van der Waals surface area contributed by atoms with Crippen LogP contribution in [0.3, 0.4) is 0 Å². The third kappa shape index (κ3) is 3.85. The van der Waals surface area contributed by atoms with Gasteiger partial charge in [0.1, 0.15) is 17.5 Å². The van der Waals surface area contributed by atoms with Crippen molar-refractivity contribution in [2.75, 3.05) is 36.5 Å². The van der Waals surface area contributed by atoms with E-state index >= 15 is 0 Å². The predicted molar refractivity (Wildman–Crippen MR) is 131 cm³/mol. The summed E-state index contributed by atoms with van der Waals surface area (Å²) in [6.45, 7) is 6.46. The second-order valence-corrected chi connectivity index (χ2v) is 9.30. The van der Waals surface area contributed by atoms with E-state index in [1.807, 2.05) is 37.5 Å². The lowest BCUT2D eigenvalue weighted by Crippen LogP contribution is -2.52. The first kappa shape index (κ1) is 21.5. The molecule has 33 heavy (non-hydrogen) atoms. The monoisotopic (exact) mass is 442 g/mol. The van der Waals surface area contributed by atoms with E-state index in [1.165, 1.54) is 0 Å². The van der Waals surface area contributed by atoms with Crippen LogP contribution in [0.5, 0.6) is 0 Å². The van der Waals surface area contributed by atoms with E-state index in [4.69, 9.17) is 4.98 Å². The lowest BCUT2D eigenvalue weighted by Gasteiger charge is -2.42. The summed E-state index contributed by atoms with van der Waals surface area (Å²) >= 11 is 0. The van der Waals surface area contributed by atoms with Gasteiger partial charge in [-0.15, -0.1) is 0 Å². The minimum atomic E-state index is 0.0916. The van der Waals surface area contributed by atoms with Gasteiger partial charge in [-0.05, 0) is 70.1 Å². The van der Waals surface area contributed by atoms with Crippen molar-refractivity contribution in [2.45, 2.75) is 44.8 Å². The molecule has 0 spiro atoms. The number of fused-ring (bicyclic) bond motifs is 1. The summed E-state index contributed by atoms with van der Waals surface area (Å²) in [4.78, 5) is 21.4. The Labute approximate surface area is 194 Å². The van der Waals surface area contributed by atoms with E-state index in [-0.39, 0.29) is 11.8 Å². The van der Waals surface area contributed by atoms with E-state index < -0.39 is 0 Å². The molecule has 0 unspecified atom stereocenters. The third-order valence-corrected chi connectivity index (χ3v) is 7.26. The van der Waals surface area contributed by atoms with Crippen LogP contribution in [0.25, 0.3) is 11.0 Å². The first-order chi connectivity index (χ1) is 16.0. The van der Waals surface area contributed by atoms with Crippen LogP contribution in [-0.4, -0.2) is 54.1 Å². The van der Waals surface area contributed by atoms with E-state index in [9.17, 15) is 10.1 Å². The van der Waals surface area contributed by atoms with Crippen molar-refractivity contribution in [2.24, 2.45) is 0 Å². The largest absolute Gasteiger partial charge is 0.368 e. The van der Waals surface area contributed by atoms with Crippen LogP contribution >= 0.6 is 0 Å². The highest BCUT2D eigenvalue weighted by Gasteiger charge is 2.31. The molecule has 1 saturated carbocycles. The molecule has 170 valence electrons. The zero-order valence-electron chi connectivity index (χ0n) is 19.5. The number of aromatic nitrogens is 2. The zero-order valence-corrected chi connectivity index (χ0v) is 19.5. The Hall–Kier alpha value is -3.37. The number of carbonyl (C=O) groups excluding carboxylic acids is 1. The maximum Gasteiger partial charge on any atom is 0.159 e. The Bertz CT molecular complexity index is 1220. The van der Waals surface area contributed by atoms with Gasteiger partial charge in [0.15, 0.2) is 5.78 Å². The van der Waals surface area contributed by atoms with Gasteiger partial charge in [0.2, 0.25) is 0 Å². The van der Waals surface area contributed by atoms with Gasteiger partial charge >= 0.3 is 0 Å². The van der Waals surface area contributed by atoms with E-state index in [0.717, 1.165) is 60.6 Å². The van der Waals surface area contributed by atoms with Gasteiger partial charge in [-0.1, -0.05) is 0 Å². The summed E-state index contributed by atoms with van der Waals surface area (Å²) in [5, 5.41) is 13.9. The number of nitrogens with one attached hydrogen (secondary N) is 1. The van der Waals surface area contributed by atoms with Crippen molar-refractivity contribution in [3.8, 4) is 6.07 Å². The number of carbonyl (C=O) groups is 1. The van der Waals surface area contributed by atoms with Gasteiger partial charge in [-0.2, -0.15) is 5.26 Å². The number of piperazine rings is 1. The Morgan fingerprint density at radius 1 is 1.15 bits per heavy atom. The Balaban J connectivity index is 1.37. The third-order valence-electron chi connectivity index (χ3n) is 7.26. The molecule has 1 saturated heterocycles. The number of Topliss-reactive ketones (excluding diaryl/α,β-unsaturated/α-hetero) is 1. The summed E-state index contributed by atoms with van der Waals surface area (Å²) in [6.07, 6.45) is 4.10. The summed E-state index contributed by atoms with van der Waals surface area (Å²) < 4.78 is 2.21. The minimum Gasteiger partial charge on any atom is -0.368 e. The number of benzene rings is 1. The van der Waals surface area contributed by atoms with Crippen molar-refractivity contribution >= 4 is 28.3 Å².